The summed E-state index contributed by atoms with van der Waals surface area (Å²) < 4.78 is 3.82. The average molecular weight is 201 g/mol. The summed E-state index contributed by atoms with van der Waals surface area (Å²) >= 11 is 0. The summed E-state index contributed by atoms with van der Waals surface area (Å²) in [7, 11) is 1.91. The lowest BCUT2D eigenvalue weighted by Gasteiger charge is -1.99. The van der Waals surface area contributed by atoms with Crippen molar-refractivity contribution in [1.82, 2.24) is 14.2 Å². The molecule has 0 spiro atoms. The number of hydrogen-bond donors (Lipinski definition) is 1. The van der Waals surface area contributed by atoms with Gasteiger partial charge in [-0.1, -0.05) is 12.1 Å². The zero-order chi connectivity index (χ0) is 10.6. The lowest BCUT2D eigenvalue weighted by Crippen LogP contribution is -1.99. The van der Waals surface area contributed by atoms with Crippen molar-refractivity contribution in [2.75, 3.05) is 0 Å². The fourth-order valence-electron chi connectivity index (χ4n) is 1.94. The summed E-state index contributed by atoms with van der Waals surface area (Å²) in [6, 6.07) is 7.85. The first-order chi connectivity index (χ1) is 7.20. The summed E-state index contributed by atoms with van der Waals surface area (Å²) in [4.78, 5) is 4.39. The highest BCUT2D eigenvalue weighted by atomic mass is 16.3. The van der Waals surface area contributed by atoms with Gasteiger partial charge in [0.05, 0.1) is 16.7 Å². The van der Waals surface area contributed by atoms with Crippen LogP contribution < -0.4 is 0 Å². The smallest absolute Gasteiger partial charge is 0.197 e. The molecule has 0 unspecified atom stereocenters. The van der Waals surface area contributed by atoms with Gasteiger partial charge >= 0.3 is 0 Å². The molecule has 0 bridgehead atoms. The molecule has 0 fully saturated rings. The molecule has 1 aromatic carbocycles. The SMILES string of the molecule is Cc1c(O)c2nc3ccccc3n2n1C. The highest BCUT2D eigenvalue weighted by Gasteiger charge is 2.15. The molecule has 0 aliphatic heterocycles. The number of benzene rings is 1. The Morgan fingerprint density at radius 3 is 2.80 bits per heavy atom. The monoisotopic (exact) mass is 201 g/mol. The Hall–Kier alpha value is -1.97. The van der Waals surface area contributed by atoms with E-state index in [-0.39, 0.29) is 5.75 Å². The van der Waals surface area contributed by atoms with Crippen LogP contribution in [0.4, 0.5) is 0 Å². The van der Waals surface area contributed by atoms with Crippen LogP contribution >= 0.6 is 0 Å². The normalized spacial score (nSPS) is 11.6. The Bertz CT molecular complexity index is 663. The second kappa shape index (κ2) is 2.53. The molecular weight excluding hydrogens is 190 g/mol. The van der Waals surface area contributed by atoms with Crippen LogP contribution in [0.15, 0.2) is 24.3 Å². The third kappa shape index (κ3) is 0.883. The van der Waals surface area contributed by atoms with Crippen molar-refractivity contribution < 1.29 is 5.11 Å². The van der Waals surface area contributed by atoms with E-state index in [1.165, 1.54) is 0 Å². The van der Waals surface area contributed by atoms with Gasteiger partial charge in [-0.15, -0.1) is 0 Å². The zero-order valence-corrected chi connectivity index (χ0v) is 8.60. The molecule has 0 saturated carbocycles. The molecule has 0 aliphatic carbocycles. The van der Waals surface area contributed by atoms with Crippen LogP contribution in [0.3, 0.4) is 0 Å². The summed E-state index contributed by atoms with van der Waals surface area (Å²) in [6.07, 6.45) is 0. The number of fused-ring (bicyclic) bond motifs is 3. The van der Waals surface area contributed by atoms with Gasteiger partial charge in [-0.05, 0) is 19.1 Å². The number of nitrogens with zero attached hydrogens (tertiary/aromatic N) is 3. The van der Waals surface area contributed by atoms with Crippen LogP contribution in [0, 0.1) is 6.92 Å². The highest BCUT2D eigenvalue weighted by Crippen LogP contribution is 2.27. The summed E-state index contributed by atoms with van der Waals surface area (Å²) in [5.74, 6) is 0.258. The van der Waals surface area contributed by atoms with E-state index in [9.17, 15) is 5.11 Å². The lowest BCUT2D eigenvalue weighted by molar-refractivity contribution is 0.473. The third-order valence-electron chi connectivity index (χ3n) is 2.88. The van der Waals surface area contributed by atoms with Crippen molar-refractivity contribution >= 4 is 16.7 Å². The molecule has 2 heterocycles. The van der Waals surface area contributed by atoms with Gasteiger partial charge < -0.3 is 5.11 Å². The number of imidazole rings is 1. The van der Waals surface area contributed by atoms with E-state index >= 15 is 0 Å². The second-order valence-electron chi connectivity index (χ2n) is 3.69. The first kappa shape index (κ1) is 8.35. The van der Waals surface area contributed by atoms with Crippen LogP contribution in [0.5, 0.6) is 5.75 Å². The van der Waals surface area contributed by atoms with E-state index in [0.29, 0.717) is 5.65 Å². The van der Waals surface area contributed by atoms with Crippen LogP contribution in [0.2, 0.25) is 0 Å². The van der Waals surface area contributed by atoms with Gasteiger partial charge in [0.25, 0.3) is 0 Å². The van der Waals surface area contributed by atoms with E-state index in [1.54, 1.807) is 0 Å². The largest absolute Gasteiger partial charge is 0.503 e. The van der Waals surface area contributed by atoms with Crippen molar-refractivity contribution in [3.05, 3.63) is 30.0 Å². The van der Waals surface area contributed by atoms with Gasteiger partial charge in [-0.25, -0.2) is 9.50 Å². The number of aryl methyl sites for hydroxylation is 1. The minimum Gasteiger partial charge on any atom is -0.503 e. The standard InChI is InChI=1S/C11H11N3O/c1-7-10(15)11-12-8-5-3-4-6-9(8)14(11)13(7)2/h3-6,15H,1-2H3. The van der Waals surface area contributed by atoms with Crippen LogP contribution in [0.1, 0.15) is 5.69 Å². The van der Waals surface area contributed by atoms with Crippen molar-refractivity contribution in [1.29, 1.82) is 0 Å². The highest BCUT2D eigenvalue weighted by molar-refractivity contribution is 5.82. The van der Waals surface area contributed by atoms with Crippen LogP contribution in [-0.4, -0.2) is 19.3 Å². The van der Waals surface area contributed by atoms with Gasteiger partial charge in [-0.2, -0.15) is 0 Å². The minimum absolute atomic E-state index is 0.258. The Labute approximate surface area is 86.4 Å². The molecule has 0 atom stereocenters. The minimum atomic E-state index is 0.258. The second-order valence-corrected chi connectivity index (χ2v) is 3.69. The predicted octanol–water partition coefficient (Wildman–Crippen LogP) is 1.84. The summed E-state index contributed by atoms with van der Waals surface area (Å²) in [5.41, 5.74) is 3.36. The molecule has 0 aliphatic rings. The molecule has 3 rings (SSSR count). The van der Waals surface area contributed by atoms with Gasteiger partial charge in [0.2, 0.25) is 0 Å². The van der Waals surface area contributed by atoms with Crippen LogP contribution in [0.25, 0.3) is 16.7 Å². The number of aromatic hydroxyl groups is 1. The Kier molecular flexibility index (Phi) is 1.41. The van der Waals surface area contributed by atoms with Crippen molar-refractivity contribution in [2.24, 2.45) is 7.05 Å². The fourth-order valence-corrected chi connectivity index (χ4v) is 1.94. The summed E-state index contributed by atoms with van der Waals surface area (Å²) in [6.45, 7) is 1.87. The summed E-state index contributed by atoms with van der Waals surface area (Å²) in [5, 5.41) is 9.88. The molecule has 4 nitrogen and oxygen atoms in total. The molecule has 1 N–H and O–H groups in total. The molecule has 0 radical (unpaired) electrons. The maximum absolute atomic E-state index is 9.88. The Morgan fingerprint density at radius 2 is 2.00 bits per heavy atom. The first-order valence-corrected chi connectivity index (χ1v) is 4.82. The maximum Gasteiger partial charge on any atom is 0.197 e. The third-order valence-corrected chi connectivity index (χ3v) is 2.88. The molecule has 0 amide bonds. The van der Waals surface area contributed by atoms with Crippen LogP contribution in [-0.2, 0) is 7.05 Å². The van der Waals surface area contributed by atoms with E-state index in [1.807, 2.05) is 47.4 Å². The fraction of sp³-hybridized carbons (Fsp3) is 0.182. The average Bonchev–Trinajstić information content (AvgIpc) is 2.72. The Balaban J connectivity index is 2.65. The molecule has 0 saturated heterocycles. The van der Waals surface area contributed by atoms with Crippen molar-refractivity contribution in [3.8, 4) is 5.75 Å². The molecule has 2 aromatic heterocycles. The van der Waals surface area contributed by atoms with Gasteiger partial charge in [0.1, 0.15) is 0 Å². The number of hydrogen-bond acceptors (Lipinski definition) is 2. The van der Waals surface area contributed by atoms with Gasteiger partial charge in [0, 0.05) is 7.05 Å². The molecular formula is C11H11N3O. The lowest BCUT2D eigenvalue weighted by atomic mass is 10.3. The molecule has 4 heteroatoms. The quantitative estimate of drug-likeness (QED) is 0.603. The molecule has 76 valence electrons. The first-order valence-electron chi connectivity index (χ1n) is 4.82. The van der Waals surface area contributed by atoms with E-state index in [2.05, 4.69) is 4.98 Å². The van der Waals surface area contributed by atoms with E-state index in [4.69, 9.17) is 0 Å². The van der Waals surface area contributed by atoms with Gasteiger partial charge in [-0.3, -0.25) is 4.68 Å². The number of rotatable bonds is 0. The predicted molar refractivity (Wildman–Crippen MR) is 58.1 cm³/mol. The molecule has 3 aromatic rings. The van der Waals surface area contributed by atoms with Crippen molar-refractivity contribution in [3.63, 3.8) is 0 Å². The maximum atomic E-state index is 9.88. The van der Waals surface area contributed by atoms with E-state index in [0.717, 1.165) is 16.7 Å². The number of aromatic nitrogens is 3. The topological polar surface area (TPSA) is 42.5 Å². The van der Waals surface area contributed by atoms with E-state index < -0.39 is 0 Å². The Morgan fingerprint density at radius 1 is 1.27 bits per heavy atom. The zero-order valence-electron chi connectivity index (χ0n) is 8.60. The van der Waals surface area contributed by atoms with Crippen molar-refractivity contribution in [2.45, 2.75) is 6.92 Å². The van der Waals surface area contributed by atoms with Gasteiger partial charge in [0.15, 0.2) is 11.4 Å². The number of para-hydroxylation sites is 2. The molecule has 15 heavy (non-hydrogen) atoms.